The summed E-state index contributed by atoms with van der Waals surface area (Å²) in [6.45, 7) is -0.712. The van der Waals surface area contributed by atoms with Crippen molar-refractivity contribution < 1.29 is 43.0 Å². The van der Waals surface area contributed by atoms with Crippen LogP contribution < -0.4 is 11.5 Å². The second-order valence-corrected chi connectivity index (χ2v) is 11.2. The number of hydrogen-bond donors (Lipinski definition) is 6. The zero-order valence-corrected chi connectivity index (χ0v) is 18.2. The van der Waals surface area contributed by atoms with Gasteiger partial charge in [0.1, 0.15) is 36.2 Å². The quantitative estimate of drug-likeness (QED) is 0.210. The smallest absolute Gasteiger partial charge is 0.459 e. The summed E-state index contributed by atoms with van der Waals surface area (Å²) in [6.07, 6.45) is -2.09. The molecular weight excluding hydrogens is 473 g/mol. The fourth-order valence-electron chi connectivity index (χ4n) is 3.00. The molecule has 0 amide bonds. The van der Waals surface area contributed by atoms with Crippen LogP contribution in [-0.4, -0.2) is 92.9 Å². The molecule has 8 N–H and O–H groups in total. The highest BCUT2D eigenvalue weighted by molar-refractivity contribution is 7.95. The fraction of sp³-hybridized carbons (Fsp3) is 0.571. The molecule has 1 aliphatic rings. The number of nitrogen functional groups attached to an aromatic ring is 1. The number of aliphatic hydroxyl groups is 2. The van der Waals surface area contributed by atoms with Crippen LogP contribution in [0.2, 0.25) is 0 Å². The number of nitrogens with two attached hydrogens (primary N) is 2. The third-order valence-electron chi connectivity index (χ3n) is 4.49. The van der Waals surface area contributed by atoms with Gasteiger partial charge >= 0.3 is 13.7 Å². The second kappa shape index (κ2) is 8.95. The average molecular weight is 495 g/mol. The molecule has 0 saturated carbocycles. The third kappa shape index (κ3) is 5.21. The topological polar surface area (TPSA) is 259 Å². The van der Waals surface area contributed by atoms with Gasteiger partial charge in [0.05, 0.1) is 28.4 Å². The number of rotatable bonds is 8. The molecule has 7 atom stereocenters. The van der Waals surface area contributed by atoms with E-state index in [0.29, 0.717) is 0 Å². The Balaban J connectivity index is 1.72. The van der Waals surface area contributed by atoms with E-state index in [1.54, 1.807) is 0 Å². The van der Waals surface area contributed by atoms with Crippen LogP contribution in [0.3, 0.4) is 0 Å². The van der Waals surface area contributed by atoms with Crippen molar-refractivity contribution in [1.29, 1.82) is 0 Å². The highest BCUT2D eigenvalue weighted by Gasteiger charge is 2.45. The molecule has 1 saturated heterocycles. The number of nitrogens with zero attached hydrogens (tertiary/aromatic N) is 5. The summed E-state index contributed by atoms with van der Waals surface area (Å²) >= 11 is 0. The van der Waals surface area contributed by atoms with E-state index in [2.05, 4.69) is 19.1 Å². The van der Waals surface area contributed by atoms with Crippen LogP contribution in [0, 0.1) is 0 Å². The fourth-order valence-corrected chi connectivity index (χ4v) is 6.35. The Kier molecular flexibility index (Phi) is 6.83. The van der Waals surface area contributed by atoms with Gasteiger partial charge < -0.3 is 36.4 Å². The largest absolute Gasteiger partial charge is 0.480 e. The van der Waals surface area contributed by atoms with Gasteiger partial charge in [-0.05, 0) is 0 Å². The lowest BCUT2D eigenvalue weighted by atomic mass is 10.1. The maximum absolute atomic E-state index is 12.3. The molecule has 0 aliphatic carbocycles. The number of carboxylic acid groups (broad SMARTS) is 1. The first kappa shape index (κ1) is 24.4. The Morgan fingerprint density at radius 2 is 2.09 bits per heavy atom. The number of hydrogen-bond acceptors (Lipinski definition) is 12. The molecule has 178 valence electrons. The Morgan fingerprint density at radius 3 is 2.75 bits per heavy atom. The van der Waals surface area contributed by atoms with Crippen LogP contribution in [0.15, 0.2) is 16.8 Å². The molecule has 0 radical (unpaired) electrons. The minimum Gasteiger partial charge on any atom is -0.480 e. The lowest BCUT2D eigenvalue weighted by molar-refractivity contribution is -0.137. The maximum Gasteiger partial charge on any atom is 0.459 e. The van der Waals surface area contributed by atoms with Gasteiger partial charge in [-0.15, -0.1) is 4.13 Å². The van der Waals surface area contributed by atoms with Crippen molar-refractivity contribution >= 4 is 40.4 Å². The monoisotopic (exact) mass is 495 g/mol. The van der Waals surface area contributed by atoms with Crippen molar-refractivity contribution in [2.24, 2.45) is 9.87 Å². The number of carbonyl (C=O) groups is 1. The molecule has 0 spiro atoms. The summed E-state index contributed by atoms with van der Waals surface area (Å²) in [5.41, 5.74) is 11.5. The number of imidazole rings is 1. The molecule has 0 aromatic carbocycles. The van der Waals surface area contributed by atoms with Gasteiger partial charge in [-0.25, -0.2) is 23.7 Å². The van der Waals surface area contributed by atoms with Crippen LogP contribution in [-0.2, 0) is 28.3 Å². The second-order valence-electron chi connectivity index (χ2n) is 7.07. The van der Waals surface area contributed by atoms with Gasteiger partial charge in [-0.1, -0.05) is 0 Å². The molecule has 2 unspecified atom stereocenters. The summed E-state index contributed by atoms with van der Waals surface area (Å²) in [5.74, 6) is -2.04. The van der Waals surface area contributed by atoms with Gasteiger partial charge in [0.15, 0.2) is 17.7 Å². The predicted molar refractivity (Wildman–Crippen MR) is 108 cm³/mol. The van der Waals surface area contributed by atoms with Crippen molar-refractivity contribution in [2.75, 3.05) is 24.3 Å². The Hall–Kier alpha value is -2.24. The van der Waals surface area contributed by atoms with Crippen LogP contribution in [0.1, 0.15) is 6.23 Å². The first-order valence-corrected chi connectivity index (χ1v) is 12.6. The molecule has 2 aromatic rings. The van der Waals surface area contributed by atoms with Crippen molar-refractivity contribution in [3.05, 3.63) is 12.7 Å². The Labute approximate surface area is 181 Å². The molecule has 32 heavy (non-hydrogen) atoms. The van der Waals surface area contributed by atoms with E-state index in [1.165, 1.54) is 17.2 Å². The normalized spacial score (nSPS) is 28.2. The van der Waals surface area contributed by atoms with Gasteiger partial charge in [0.2, 0.25) is 0 Å². The number of aliphatic hydroxyl groups excluding tert-OH is 2. The zero-order valence-electron chi connectivity index (χ0n) is 16.5. The number of anilines is 1. The Morgan fingerprint density at radius 1 is 1.41 bits per heavy atom. The number of aromatic nitrogens is 4. The lowest BCUT2D eigenvalue weighted by Gasteiger charge is -2.17. The maximum atomic E-state index is 12.3. The van der Waals surface area contributed by atoms with Crippen molar-refractivity contribution in [3.63, 3.8) is 0 Å². The molecule has 3 heterocycles. The minimum absolute atomic E-state index is 0.0928. The van der Waals surface area contributed by atoms with E-state index in [0.717, 1.165) is 6.26 Å². The van der Waals surface area contributed by atoms with Crippen LogP contribution >= 0.6 is 7.75 Å². The summed E-state index contributed by atoms with van der Waals surface area (Å²) in [7, 11) is -8.34. The summed E-state index contributed by atoms with van der Waals surface area (Å²) in [4.78, 5) is 32.5. The molecule has 1 fully saturated rings. The van der Waals surface area contributed by atoms with Crippen LogP contribution in [0.4, 0.5) is 5.82 Å². The summed E-state index contributed by atoms with van der Waals surface area (Å²) in [5, 5.41) is 29.4. The molecule has 3 rings (SSSR count). The zero-order chi connectivity index (χ0) is 23.8. The van der Waals surface area contributed by atoms with E-state index < -0.39 is 66.4 Å². The highest BCUT2D eigenvalue weighted by Crippen LogP contribution is 2.46. The minimum atomic E-state index is -4.85. The van der Waals surface area contributed by atoms with E-state index in [9.17, 15) is 28.7 Å². The average Bonchev–Trinajstić information content (AvgIpc) is 3.22. The number of aliphatic carboxylic acids is 1. The van der Waals surface area contributed by atoms with Gasteiger partial charge in [0, 0.05) is 6.26 Å². The molecule has 16 nitrogen and oxygen atoms in total. The highest BCUT2D eigenvalue weighted by atomic mass is 32.2. The summed E-state index contributed by atoms with van der Waals surface area (Å²) < 4.78 is 39.4. The van der Waals surface area contributed by atoms with E-state index in [1.807, 2.05) is 0 Å². The lowest BCUT2D eigenvalue weighted by Crippen LogP contribution is -2.36. The van der Waals surface area contributed by atoms with Crippen molar-refractivity contribution in [3.8, 4) is 0 Å². The first-order valence-electron chi connectivity index (χ1n) is 8.93. The molecule has 0 bridgehead atoms. The van der Waals surface area contributed by atoms with Gasteiger partial charge in [-0.3, -0.25) is 13.9 Å². The van der Waals surface area contributed by atoms with Crippen molar-refractivity contribution in [2.45, 2.75) is 30.6 Å². The van der Waals surface area contributed by atoms with Crippen molar-refractivity contribution in [1.82, 2.24) is 19.5 Å². The number of fused-ring (bicyclic) bond motifs is 1. The first-order chi connectivity index (χ1) is 14.8. The SMILES string of the molecule is CS(=O)(C[C@H](N)C(=O)O)=NP(=O)(O)OC[C@H]1O[C@@H](n2cnc3c(N)ncnc32)[C@H](O)[C@@H]1O. The van der Waals surface area contributed by atoms with E-state index >= 15 is 0 Å². The van der Waals surface area contributed by atoms with Gasteiger partial charge in [0.25, 0.3) is 0 Å². The molecule has 2 aromatic heterocycles. The summed E-state index contributed by atoms with van der Waals surface area (Å²) in [6, 6.07) is -1.56. The van der Waals surface area contributed by atoms with Crippen LogP contribution in [0.25, 0.3) is 11.2 Å². The standard InChI is InChI=1S/C14H22N7O9PS/c1-32(28,3-6(15)14(24)25)20-31(26,27)29-2-7-9(22)10(23)13(30-7)21-5-19-8-11(16)17-4-18-12(8)21/h4-7,9-10,13,22-23H,2-3,15H2,1H3,(H,24,25)(H,26,27)(H2,16,17,18)/t6-,7+,9+,10+,13+,32?/m0/s1. The number of ether oxygens (including phenoxy) is 1. The Bertz CT molecular complexity index is 1180. The third-order valence-corrected chi connectivity index (χ3v) is 8.16. The van der Waals surface area contributed by atoms with Crippen LogP contribution in [0.5, 0.6) is 0 Å². The van der Waals surface area contributed by atoms with E-state index in [-0.39, 0.29) is 17.0 Å². The number of carboxylic acids is 1. The molecule has 1 aliphatic heterocycles. The predicted octanol–water partition coefficient (Wildman–Crippen LogP) is -2.35. The molecular formula is C14H22N7O9PS. The molecule has 18 heteroatoms. The van der Waals surface area contributed by atoms with Gasteiger partial charge in [-0.2, -0.15) is 0 Å². The van der Waals surface area contributed by atoms with E-state index in [4.69, 9.17) is 25.8 Å².